The zero-order valence-corrected chi connectivity index (χ0v) is 15.2. The topological polar surface area (TPSA) is 84.1 Å². The number of fused-ring (bicyclic) bond motifs is 1. The first-order valence-corrected chi connectivity index (χ1v) is 9.05. The molecule has 0 aliphatic heterocycles. The number of methoxy groups -OCH3 is 1. The molecular formula is C20H15N3O3S. The highest BCUT2D eigenvalue weighted by molar-refractivity contribution is 7.13. The molecule has 2 aromatic carbocycles. The van der Waals surface area contributed by atoms with Gasteiger partial charge in [0.15, 0.2) is 0 Å². The number of imidazole rings is 1. The van der Waals surface area contributed by atoms with E-state index in [1.807, 2.05) is 35.7 Å². The summed E-state index contributed by atoms with van der Waals surface area (Å²) in [5.41, 5.74) is 3.18. The van der Waals surface area contributed by atoms with Crippen molar-refractivity contribution in [3.05, 3.63) is 71.1 Å². The van der Waals surface area contributed by atoms with E-state index < -0.39 is 5.97 Å². The number of anilines is 1. The number of carbonyl (C=O) groups is 2. The van der Waals surface area contributed by atoms with Crippen LogP contribution in [-0.4, -0.2) is 29.0 Å². The van der Waals surface area contributed by atoms with Gasteiger partial charge in [-0.2, -0.15) is 0 Å². The molecule has 0 radical (unpaired) electrons. The predicted molar refractivity (Wildman–Crippen MR) is 105 cm³/mol. The Bertz CT molecular complexity index is 1120. The molecule has 0 bridgehead atoms. The van der Waals surface area contributed by atoms with Crippen molar-refractivity contribution >= 4 is 39.9 Å². The van der Waals surface area contributed by atoms with Crippen molar-refractivity contribution < 1.29 is 14.3 Å². The van der Waals surface area contributed by atoms with Crippen LogP contribution in [0.15, 0.2) is 60.0 Å². The molecule has 2 heterocycles. The lowest BCUT2D eigenvalue weighted by molar-refractivity contribution is 0.0600. The maximum Gasteiger partial charge on any atom is 0.337 e. The van der Waals surface area contributed by atoms with Crippen molar-refractivity contribution in [1.82, 2.24) is 9.97 Å². The van der Waals surface area contributed by atoms with Crippen LogP contribution in [0.5, 0.6) is 0 Å². The maximum atomic E-state index is 12.4. The summed E-state index contributed by atoms with van der Waals surface area (Å²) in [5, 5.41) is 4.86. The van der Waals surface area contributed by atoms with Crippen molar-refractivity contribution in [2.75, 3.05) is 12.4 Å². The molecule has 2 N–H and O–H groups in total. The number of ether oxygens (including phenoxy) is 1. The summed E-state index contributed by atoms with van der Waals surface area (Å²) in [6, 6.07) is 15.8. The number of H-pyrrole nitrogens is 1. The fourth-order valence-electron chi connectivity index (χ4n) is 2.70. The van der Waals surface area contributed by atoms with E-state index in [1.165, 1.54) is 7.11 Å². The number of hydrogen-bond donors (Lipinski definition) is 2. The molecule has 4 aromatic rings. The first-order valence-electron chi connectivity index (χ1n) is 8.17. The Morgan fingerprint density at radius 3 is 2.56 bits per heavy atom. The highest BCUT2D eigenvalue weighted by atomic mass is 32.1. The van der Waals surface area contributed by atoms with E-state index in [1.54, 1.807) is 35.6 Å². The number of benzene rings is 2. The summed E-state index contributed by atoms with van der Waals surface area (Å²) < 4.78 is 4.65. The minimum Gasteiger partial charge on any atom is -0.465 e. The molecule has 0 aliphatic carbocycles. The average molecular weight is 377 g/mol. The fraction of sp³-hybridized carbons (Fsp3) is 0.0500. The quantitative estimate of drug-likeness (QED) is 0.519. The van der Waals surface area contributed by atoms with Gasteiger partial charge in [-0.15, -0.1) is 11.3 Å². The first-order chi connectivity index (χ1) is 13.1. The molecule has 4 rings (SSSR count). The molecule has 0 spiro atoms. The summed E-state index contributed by atoms with van der Waals surface area (Å²) in [4.78, 5) is 32.8. The van der Waals surface area contributed by atoms with Gasteiger partial charge in [0, 0.05) is 11.3 Å². The second-order valence-corrected chi connectivity index (χ2v) is 6.77. The number of carbonyl (C=O) groups excluding carboxylic acids is 2. The Labute approximate surface area is 158 Å². The van der Waals surface area contributed by atoms with Crippen molar-refractivity contribution in [3.8, 4) is 10.7 Å². The van der Waals surface area contributed by atoms with Crippen LogP contribution in [0.25, 0.3) is 21.7 Å². The SMILES string of the molecule is COC(=O)c1ccc(C(=O)Nc2ccc3nc(-c4cccs4)[nH]c3c2)cc1. The average Bonchev–Trinajstić information content (AvgIpc) is 3.36. The van der Waals surface area contributed by atoms with E-state index in [4.69, 9.17) is 0 Å². The molecular weight excluding hydrogens is 362 g/mol. The van der Waals surface area contributed by atoms with E-state index in [0.29, 0.717) is 16.8 Å². The van der Waals surface area contributed by atoms with Gasteiger partial charge in [-0.3, -0.25) is 4.79 Å². The van der Waals surface area contributed by atoms with Gasteiger partial charge in [-0.1, -0.05) is 6.07 Å². The van der Waals surface area contributed by atoms with E-state index >= 15 is 0 Å². The van der Waals surface area contributed by atoms with Crippen LogP contribution in [0.1, 0.15) is 20.7 Å². The van der Waals surface area contributed by atoms with Gasteiger partial charge in [0.25, 0.3) is 5.91 Å². The Morgan fingerprint density at radius 2 is 1.85 bits per heavy atom. The summed E-state index contributed by atoms with van der Waals surface area (Å²) in [5.74, 6) is 0.110. The Hall–Kier alpha value is -3.45. The van der Waals surface area contributed by atoms with E-state index in [2.05, 4.69) is 20.0 Å². The molecule has 0 fully saturated rings. The van der Waals surface area contributed by atoms with Crippen LogP contribution in [-0.2, 0) is 4.74 Å². The molecule has 134 valence electrons. The van der Waals surface area contributed by atoms with Crippen LogP contribution in [0, 0.1) is 0 Å². The Kier molecular flexibility index (Phi) is 4.43. The number of thiophene rings is 1. The lowest BCUT2D eigenvalue weighted by atomic mass is 10.1. The molecule has 6 nitrogen and oxygen atoms in total. The third-order valence-corrected chi connectivity index (χ3v) is 4.94. The minimum atomic E-state index is -0.437. The van der Waals surface area contributed by atoms with E-state index in [0.717, 1.165) is 21.7 Å². The van der Waals surface area contributed by atoms with Crippen molar-refractivity contribution in [1.29, 1.82) is 0 Å². The lowest BCUT2D eigenvalue weighted by Gasteiger charge is -2.06. The van der Waals surface area contributed by atoms with Gasteiger partial charge >= 0.3 is 5.97 Å². The summed E-state index contributed by atoms with van der Waals surface area (Å²) in [6.07, 6.45) is 0. The van der Waals surface area contributed by atoms with Gasteiger partial charge < -0.3 is 15.0 Å². The molecule has 27 heavy (non-hydrogen) atoms. The van der Waals surface area contributed by atoms with E-state index in [9.17, 15) is 9.59 Å². The van der Waals surface area contributed by atoms with Gasteiger partial charge in [-0.25, -0.2) is 9.78 Å². The third kappa shape index (κ3) is 3.45. The number of esters is 1. The third-order valence-electron chi connectivity index (χ3n) is 4.06. The van der Waals surface area contributed by atoms with Crippen LogP contribution in [0.4, 0.5) is 5.69 Å². The van der Waals surface area contributed by atoms with Crippen LogP contribution in [0.2, 0.25) is 0 Å². The number of nitrogens with one attached hydrogen (secondary N) is 2. The molecule has 0 atom stereocenters. The Balaban J connectivity index is 1.54. The van der Waals surface area contributed by atoms with Gasteiger partial charge in [0.2, 0.25) is 0 Å². The second kappa shape index (κ2) is 7.05. The molecule has 1 amide bonds. The van der Waals surface area contributed by atoms with E-state index in [-0.39, 0.29) is 5.91 Å². The smallest absolute Gasteiger partial charge is 0.337 e. The summed E-state index contributed by atoms with van der Waals surface area (Å²) in [6.45, 7) is 0. The molecule has 2 aromatic heterocycles. The van der Waals surface area contributed by atoms with Crippen molar-refractivity contribution in [3.63, 3.8) is 0 Å². The zero-order valence-electron chi connectivity index (χ0n) is 14.4. The molecule has 0 aliphatic rings. The number of aromatic amines is 1. The first kappa shape index (κ1) is 17.0. The number of hydrogen-bond acceptors (Lipinski definition) is 5. The Morgan fingerprint density at radius 1 is 1.07 bits per heavy atom. The van der Waals surface area contributed by atoms with Gasteiger partial charge in [0.05, 0.1) is 28.6 Å². The minimum absolute atomic E-state index is 0.260. The van der Waals surface area contributed by atoms with Crippen LogP contribution >= 0.6 is 11.3 Å². The monoisotopic (exact) mass is 377 g/mol. The highest BCUT2D eigenvalue weighted by Gasteiger charge is 2.11. The van der Waals surface area contributed by atoms with Crippen LogP contribution in [0.3, 0.4) is 0 Å². The lowest BCUT2D eigenvalue weighted by Crippen LogP contribution is -2.12. The normalized spacial score (nSPS) is 10.7. The molecule has 0 saturated heterocycles. The number of nitrogens with zero attached hydrogens (tertiary/aromatic N) is 1. The van der Waals surface area contributed by atoms with Gasteiger partial charge in [0.1, 0.15) is 5.82 Å². The summed E-state index contributed by atoms with van der Waals surface area (Å²) in [7, 11) is 1.32. The number of aromatic nitrogens is 2. The molecule has 7 heteroatoms. The molecule has 0 unspecified atom stereocenters. The highest BCUT2D eigenvalue weighted by Crippen LogP contribution is 2.26. The predicted octanol–water partition coefficient (Wildman–Crippen LogP) is 4.33. The standard InChI is InChI=1S/C20H15N3O3S/c1-26-20(25)13-6-4-12(5-7-13)19(24)21-14-8-9-15-16(11-14)23-18(22-15)17-3-2-10-27-17/h2-11H,1H3,(H,21,24)(H,22,23). The van der Waals surface area contributed by atoms with Crippen molar-refractivity contribution in [2.24, 2.45) is 0 Å². The zero-order chi connectivity index (χ0) is 18.8. The number of rotatable bonds is 4. The molecule has 0 saturated carbocycles. The van der Waals surface area contributed by atoms with Gasteiger partial charge in [-0.05, 0) is 53.9 Å². The second-order valence-electron chi connectivity index (χ2n) is 5.82. The van der Waals surface area contributed by atoms with Crippen LogP contribution < -0.4 is 5.32 Å². The van der Waals surface area contributed by atoms with Crippen molar-refractivity contribution in [2.45, 2.75) is 0 Å². The maximum absolute atomic E-state index is 12.4. The fourth-order valence-corrected chi connectivity index (χ4v) is 3.37. The number of amides is 1. The summed E-state index contributed by atoms with van der Waals surface area (Å²) >= 11 is 1.61. The largest absolute Gasteiger partial charge is 0.465 e.